The Morgan fingerprint density at radius 2 is 2.00 bits per heavy atom. The van der Waals surface area contributed by atoms with Gasteiger partial charge in [0.05, 0.1) is 18.3 Å². The van der Waals surface area contributed by atoms with E-state index in [0.29, 0.717) is 5.57 Å². The Morgan fingerprint density at radius 1 is 1.26 bits per heavy atom. The number of benzene rings is 1. The second-order valence-electron chi connectivity index (χ2n) is 3.79. The summed E-state index contributed by atoms with van der Waals surface area (Å²) in [6.45, 7) is 0.214. The van der Waals surface area contributed by atoms with Crippen molar-refractivity contribution in [3.05, 3.63) is 48.2 Å². The lowest BCUT2D eigenvalue weighted by Gasteiger charge is -2.24. The molecular formula is C13H9F3N2O. The van der Waals surface area contributed by atoms with E-state index in [0.717, 1.165) is 0 Å². The molecule has 0 spiro atoms. The van der Waals surface area contributed by atoms with E-state index in [4.69, 9.17) is 5.26 Å². The van der Waals surface area contributed by atoms with E-state index < -0.39 is 6.36 Å². The van der Waals surface area contributed by atoms with Gasteiger partial charge in [0.25, 0.3) is 0 Å². The Bertz CT molecular complexity index is 570. The van der Waals surface area contributed by atoms with Crippen LogP contribution in [-0.2, 0) is 0 Å². The molecule has 0 bridgehead atoms. The van der Waals surface area contributed by atoms with Gasteiger partial charge in [0.2, 0.25) is 0 Å². The van der Waals surface area contributed by atoms with Crippen LogP contribution in [0.15, 0.2) is 48.2 Å². The molecule has 6 heteroatoms. The van der Waals surface area contributed by atoms with Gasteiger partial charge < -0.3 is 9.64 Å². The maximum atomic E-state index is 12.3. The lowest BCUT2D eigenvalue weighted by atomic mass is 10.2. The molecule has 2 rings (SSSR count). The molecule has 1 aliphatic heterocycles. The molecule has 0 radical (unpaired) electrons. The molecule has 0 fully saturated rings. The van der Waals surface area contributed by atoms with E-state index in [-0.39, 0.29) is 18.0 Å². The Morgan fingerprint density at radius 3 is 2.68 bits per heavy atom. The third-order valence-corrected chi connectivity index (χ3v) is 2.45. The van der Waals surface area contributed by atoms with Gasteiger partial charge in [-0.05, 0) is 24.3 Å². The van der Waals surface area contributed by atoms with Crippen molar-refractivity contribution in [1.82, 2.24) is 0 Å². The first-order valence-electron chi connectivity index (χ1n) is 5.38. The smallest absolute Gasteiger partial charge is 0.404 e. The van der Waals surface area contributed by atoms with Gasteiger partial charge in [-0.2, -0.15) is 5.26 Å². The van der Waals surface area contributed by atoms with Crippen molar-refractivity contribution in [2.75, 3.05) is 11.4 Å². The SMILES string of the molecule is N#CC1=CC=CN(c2ccccc2OC(F)(F)F)C1. The summed E-state index contributed by atoms with van der Waals surface area (Å²) in [5.74, 6) is -0.293. The monoisotopic (exact) mass is 266 g/mol. The second-order valence-corrected chi connectivity index (χ2v) is 3.79. The van der Waals surface area contributed by atoms with Gasteiger partial charge in [-0.25, -0.2) is 0 Å². The molecule has 19 heavy (non-hydrogen) atoms. The number of hydrogen-bond acceptors (Lipinski definition) is 3. The van der Waals surface area contributed by atoms with Crippen LogP contribution >= 0.6 is 0 Å². The maximum absolute atomic E-state index is 12.3. The van der Waals surface area contributed by atoms with Crippen LogP contribution in [-0.4, -0.2) is 12.9 Å². The number of nitrogens with zero attached hydrogens (tertiary/aromatic N) is 2. The van der Waals surface area contributed by atoms with Crippen molar-refractivity contribution in [1.29, 1.82) is 5.26 Å². The lowest BCUT2D eigenvalue weighted by molar-refractivity contribution is -0.274. The first-order chi connectivity index (χ1) is 8.99. The standard InChI is InChI=1S/C13H9F3N2O/c14-13(15,16)19-12-6-2-1-5-11(12)18-7-3-4-10(8-17)9-18/h1-7H,9H2. The van der Waals surface area contributed by atoms with Crippen LogP contribution in [0.4, 0.5) is 18.9 Å². The summed E-state index contributed by atoms with van der Waals surface area (Å²) < 4.78 is 40.9. The van der Waals surface area contributed by atoms with Crippen LogP contribution in [0.1, 0.15) is 0 Å². The van der Waals surface area contributed by atoms with Crippen LogP contribution < -0.4 is 9.64 Å². The zero-order valence-electron chi connectivity index (χ0n) is 9.69. The minimum Gasteiger partial charge on any atom is -0.404 e. The van der Waals surface area contributed by atoms with E-state index in [1.807, 2.05) is 6.07 Å². The topological polar surface area (TPSA) is 36.3 Å². The molecule has 1 aromatic carbocycles. The highest BCUT2D eigenvalue weighted by molar-refractivity contribution is 5.62. The molecule has 98 valence electrons. The van der Waals surface area contributed by atoms with Crippen LogP contribution in [0.25, 0.3) is 0 Å². The molecular weight excluding hydrogens is 257 g/mol. The third kappa shape index (κ3) is 3.28. The first kappa shape index (κ1) is 13.0. The van der Waals surface area contributed by atoms with Crippen molar-refractivity contribution < 1.29 is 17.9 Å². The average molecular weight is 266 g/mol. The van der Waals surface area contributed by atoms with E-state index >= 15 is 0 Å². The molecule has 0 saturated carbocycles. The van der Waals surface area contributed by atoms with Gasteiger partial charge in [0.15, 0.2) is 5.75 Å². The summed E-state index contributed by atoms with van der Waals surface area (Å²) in [6, 6.07) is 7.78. The summed E-state index contributed by atoms with van der Waals surface area (Å²) in [7, 11) is 0. The van der Waals surface area contributed by atoms with Crippen LogP contribution in [0, 0.1) is 11.3 Å². The second kappa shape index (κ2) is 5.06. The Labute approximate surface area is 107 Å². The number of allylic oxidation sites excluding steroid dienone is 2. The molecule has 0 N–H and O–H groups in total. The largest absolute Gasteiger partial charge is 0.573 e. The quantitative estimate of drug-likeness (QED) is 0.823. The minimum atomic E-state index is -4.75. The zero-order valence-corrected chi connectivity index (χ0v) is 9.69. The Balaban J connectivity index is 2.29. The summed E-state index contributed by atoms with van der Waals surface area (Å²) in [6.07, 6.45) is 0.0685. The number of rotatable bonds is 2. The van der Waals surface area contributed by atoms with Crippen LogP contribution in [0.2, 0.25) is 0 Å². The number of nitriles is 1. The number of para-hydroxylation sites is 2. The van der Waals surface area contributed by atoms with Gasteiger partial charge in [-0.15, -0.1) is 13.2 Å². The fraction of sp³-hybridized carbons (Fsp3) is 0.154. The molecule has 0 aliphatic carbocycles. The summed E-state index contributed by atoms with van der Waals surface area (Å²) in [5.41, 5.74) is 0.723. The summed E-state index contributed by atoms with van der Waals surface area (Å²) >= 11 is 0. The summed E-state index contributed by atoms with van der Waals surface area (Å²) in [4.78, 5) is 1.53. The molecule has 1 heterocycles. The number of hydrogen-bond donors (Lipinski definition) is 0. The predicted molar refractivity (Wildman–Crippen MR) is 63.3 cm³/mol. The van der Waals surface area contributed by atoms with Crippen molar-refractivity contribution in [3.8, 4) is 11.8 Å². The summed E-state index contributed by atoms with van der Waals surface area (Å²) in [5, 5.41) is 8.82. The Hall–Kier alpha value is -2.42. The molecule has 1 aromatic rings. The van der Waals surface area contributed by atoms with Crippen molar-refractivity contribution in [2.45, 2.75) is 6.36 Å². The highest BCUT2D eigenvalue weighted by Gasteiger charge is 2.32. The van der Waals surface area contributed by atoms with E-state index in [1.54, 1.807) is 24.4 Å². The highest BCUT2D eigenvalue weighted by Crippen LogP contribution is 2.33. The van der Waals surface area contributed by atoms with E-state index in [9.17, 15) is 13.2 Å². The number of alkyl halides is 3. The van der Waals surface area contributed by atoms with Gasteiger partial charge in [-0.1, -0.05) is 12.1 Å². The lowest BCUT2D eigenvalue weighted by Crippen LogP contribution is -2.24. The molecule has 0 unspecified atom stereocenters. The van der Waals surface area contributed by atoms with Crippen molar-refractivity contribution in [2.24, 2.45) is 0 Å². The predicted octanol–water partition coefficient (Wildman–Crippen LogP) is 3.37. The molecule has 0 amide bonds. The molecule has 3 nitrogen and oxygen atoms in total. The third-order valence-electron chi connectivity index (χ3n) is 2.45. The number of halogens is 3. The minimum absolute atomic E-state index is 0.214. The van der Waals surface area contributed by atoms with Crippen molar-refractivity contribution >= 4 is 5.69 Å². The average Bonchev–Trinajstić information content (AvgIpc) is 2.37. The maximum Gasteiger partial charge on any atom is 0.573 e. The first-order valence-corrected chi connectivity index (χ1v) is 5.38. The van der Waals surface area contributed by atoms with Gasteiger partial charge in [0, 0.05) is 11.8 Å². The zero-order chi connectivity index (χ0) is 13.9. The van der Waals surface area contributed by atoms with E-state index in [2.05, 4.69) is 4.74 Å². The van der Waals surface area contributed by atoms with Gasteiger partial charge in [0.1, 0.15) is 0 Å². The molecule has 0 saturated heterocycles. The van der Waals surface area contributed by atoms with Gasteiger partial charge in [-0.3, -0.25) is 0 Å². The van der Waals surface area contributed by atoms with E-state index in [1.165, 1.54) is 23.1 Å². The number of anilines is 1. The van der Waals surface area contributed by atoms with Crippen LogP contribution in [0.3, 0.4) is 0 Å². The fourth-order valence-electron chi connectivity index (χ4n) is 1.70. The van der Waals surface area contributed by atoms with Crippen molar-refractivity contribution in [3.63, 3.8) is 0 Å². The fourth-order valence-corrected chi connectivity index (χ4v) is 1.70. The molecule has 0 aromatic heterocycles. The molecule has 0 atom stereocenters. The van der Waals surface area contributed by atoms with Crippen LogP contribution in [0.5, 0.6) is 5.75 Å². The number of ether oxygens (including phenoxy) is 1. The Kier molecular flexibility index (Phi) is 3.47. The normalized spacial score (nSPS) is 14.8. The highest BCUT2D eigenvalue weighted by atomic mass is 19.4. The van der Waals surface area contributed by atoms with Gasteiger partial charge >= 0.3 is 6.36 Å². The molecule has 1 aliphatic rings.